The molecule has 1 amide bonds. The number of methoxy groups -OCH3 is 1. The molecule has 1 aliphatic rings. The quantitative estimate of drug-likeness (QED) is 0.438. The molecule has 0 unspecified atom stereocenters. The lowest BCUT2D eigenvalue weighted by molar-refractivity contribution is -0.113. The van der Waals surface area contributed by atoms with Gasteiger partial charge in [0.15, 0.2) is 22.4 Å². The number of benzene rings is 3. The molecule has 1 heterocycles. The fourth-order valence-corrected chi connectivity index (χ4v) is 4.08. The predicted octanol–water partition coefficient (Wildman–Crippen LogP) is 4.76. The minimum Gasteiger partial charge on any atom is -0.504 e. The summed E-state index contributed by atoms with van der Waals surface area (Å²) in [5.41, 5.74) is 2.17. The van der Waals surface area contributed by atoms with Crippen LogP contribution >= 0.6 is 11.8 Å². The lowest BCUT2D eigenvalue weighted by Gasteiger charge is -2.17. The number of para-hydroxylation sites is 1. The van der Waals surface area contributed by atoms with Gasteiger partial charge in [0.05, 0.1) is 18.6 Å². The zero-order valence-electron chi connectivity index (χ0n) is 17.3. The van der Waals surface area contributed by atoms with Crippen molar-refractivity contribution in [1.29, 1.82) is 0 Å². The van der Waals surface area contributed by atoms with Gasteiger partial charge in [0.2, 0.25) is 0 Å². The molecule has 0 bridgehead atoms. The van der Waals surface area contributed by atoms with Crippen LogP contribution in [-0.2, 0) is 4.79 Å². The van der Waals surface area contributed by atoms with Gasteiger partial charge in [0, 0.05) is 5.56 Å². The number of phenolic OH excluding ortho intramolecular Hbond substituents is 1. The molecule has 4 rings (SSSR count). The molecule has 0 spiro atoms. The highest BCUT2D eigenvalue weighted by molar-refractivity contribution is 8.14. The van der Waals surface area contributed by atoms with E-state index in [0.717, 1.165) is 0 Å². The average molecular weight is 445 g/mol. The van der Waals surface area contributed by atoms with Crippen LogP contribution in [-0.4, -0.2) is 34.8 Å². The van der Waals surface area contributed by atoms with Gasteiger partial charge in [0.25, 0.3) is 5.91 Å². The van der Waals surface area contributed by atoms with Gasteiger partial charge >= 0.3 is 0 Å². The second kappa shape index (κ2) is 9.53. The first-order chi connectivity index (χ1) is 15.6. The fraction of sp³-hybridized carbons (Fsp3) is 0.0800. The number of anilines is 1. The molecule has 0 atom stereocenters. The number of carbonyl (C=O) groups is 2. The molecule has 0 fully saturated rings. The average Bonchev–Trinajstić information content (AvgIpc) is 3.14. The van der Waals surface area contributed by atoms with Crippen LogP contribution in [0.3, 0.4) is 0 Å². The Labute approximate surface area is 189 Å². The van der Waals surface area contributed by atoms with E-state index in [1.807, 2.05) is 48.5 Å². The van der Waals surface area contributed by atoms with Gasteiger partial charge in [-0.25, -0.2) is 4.99 Å². The van der Waals surface area contributed by atoms with Crippen molar-refractivity contribution in [3.8, 4) is 11.5 Å². The number of aliphatic imine (C=N–C) groups is 1. The zero-order chi connectivity index (χ0) is 22.5. The number of carbonyl (C=O) groups excluding carboxylic acids is 2. The highest BCUT2D eigenvalue weighted by atomic mass is 32.2. The molecule has 7 heteroatoms. The summed E-state index contributed by atoms with van der Waals surface area (Å²) in [5, 5.41) is 10.2. The van der Waals surface area contributed by atoms with Crippen molar-refractivity contribution in [2.45, 2.75) is 0 Å². The maximum atomic E-state index is 13.2. The SMILES string of the molecule is COc1cc(C=C2N=C(SCC(=O)c3ccccc3)N(c3ccccc3)C2=O)ccc1O. The first kappa shape index (κ1) is 21.4. The van der Waals surface area contributed by atoms with Crippen molar-refractivity contribution in [2.24, 2.45) is 4.99 Å². The summed E-state index contributed by atoms with van der Waals surface area (Å²) in [7, 11) is 1.46. The van der Waals surface area contributed by atoms with E-state index in [2.05, 4.69) is 4.99 Å². The third-order valence-corrected chi connectivity index (χ3v) is 5.72. The van der Waals surface area contributed by atoms with Crippen molar-refractivity contribution in [1.82, 2.24) is 0 Å². The van der Waals surface area contributed by atoms with Crippen LogP contribution < -0.4 is 9.64 Å². The topological polar surface area (TPSA) is 79.2 Å². The summed E-state index contributed by atoms with van der Waals surface area (Å²) in [6, 6.07) is 23.0. The fourth-order valence-electron chi connectivity index (χ4n) is 3.18. The van der Waals surface area contributed by atoms with E-state index in [-0.39, 0.29) is 28.9 Å². The van der Waals surface area contributed by atoms with Crippen molar-refractivity contribution in [3.05, 3.63) is 95.7 Å². The van der Waals surface area contributed by atoms with Gasteiger partial charge in [-0.15, -0.1) is 0 Å². The van der Waals surface area contributed by atoms with Crippen LogP contribution in [0.25, 0.3) is 6.08 Å². The first-order valence-electron chi connectivity index (χ1n) is 9.85. The van der Waals surface area contributed by atoms with E-state index in [4.69, 9.17) is 4.74 Å². The molecule has 3 aromatic rings. The van der Waals surface area contributed by atoms with E-state index in [1.54, 1.807) is 30.3 Å². The van der Waals surface area contributed by atoms with Gasteiger partial charge in [-0.2, -0.15) is 0 Å². The summed E-state index contributed by atoms with van der Waals surface area (Å²) in [6.07, 6.45) is 1.63. The maximum absolute atomic E-state index is 13.2. The number of hydrogen-bond acceptors (Lipinski definition) is 6. The smallest absolute Gasteiger partial charge is 0.283 e. The van der Waals surface area contributed by atoms with Crippen LogP contribution in [0.2, 0.25) is 0 Å². The highest BCUT2D eigenvalue weighted by Gasteiger charge is 2.32. The van der Waals surface area contributed by atoms with Crippen LogP contribution in [0.5, 0.6) is 11.5 Å². The summed E-state index contributed by atoms with van der Waals surface area (Å²) in [6.45, 7) is 0. The third kappa shape index (κ3) is 4.58. The molecule has 0 aromatic heterocycles. The molecule has 1 N–H and O–H groups in total. The van der Waals surface area contributed by atoms with E-state index >= 15 is 0 Å². The number of amidine groups is 1. The number of rotatable bonds is 6. The Hall–Kier alpha value is -3.84. The Balaban J connectivity index is 1.64. The molecular formula is C25H20N2O4S. The van der Waals surface area contributed by atoms with Crippen molar-refractivity contribution in [3.63, 3.8) is 0 Å². The Morgan fingerprint density at radius 1 is 1.06 bits per heavy atom. The molecule has 0 saturated carbocycles. The summed E-state index contributed by atoms with van der Waals surface area (Å²) >= 11 is 1.22. The lowest BCUT2D eigenvalue weighted by Crippen LogP contribution is -2.30. The molecule has 0 saturated heterocycles. The van der Waals surface area contributed by atoms with Crippen molar-refractivity contribution >= 4 is 40.4 Å². The van der Waals surface area contributed by atoms with E-state index in [0.29, 0.717) is 27.7 Å². The number of amides is 1. The molecule has 6 nitrogen and oxygen atoms in total. The maximum Gasteiger partial charge on any atom is 0.283 e. The zero-order valence-corrected chi connectivity index (χ0v) is 18.1. The van der Waals surface area contributed by atoms with Gasteiger partial charge < -0.3 is 9.84 Å². The summed E-state index contributed by atoms with van der Waals surface area (Å²) in [5.74, 6) is 0.131. The molecule has 32 heavy (non-hydrogen) atoms. The second-order valence-corrected chi connectivity index (χ2v) is 7.85. The van der Waals surface area contributed by atoms with Crippen LogP contribution in [0.4, 0.5) is 5.69 Å². The van der Waals surface area contributed by atoms with E-state index < -0.39 is 0 Å². The molecule has 160 valence electrons. The van der Waals surface area contributed by atoms with Gasteiger partial charge in [-0.05, 0) is 35.9 Å². The number of ketones is 1. The largest absolute Gasteiger partial charge is 0.504 e. The third-order valence-electron chi connectivity index (χ3n) is 4.78. The monoisotopic (exact) mass is 444 g/mol. The predicted molar refractivity (Wildman–Crippen MR) is 127 cm³/mol. The standard InChI is InChI=1S/C25H20N2O4S/c1-31-23-15-17(12-13-21(23)28)14-20-24(30)27(19-10-6-3-7-11-19)25(26-20)32-16-22(29)18-8-4-2-5-9-18/h2-15,28H,16H2,1H3. The molecule has 0 radical (unpaired) electrons. The molecule has 1 aliphatic heterocycles. The summed E-state index contributed by atoms with van der Waals surface area (Å²) in [4.78, 5) is 31.8. The molecular weight excluding hydrogens is 424 g/mol. The number of aromatic hydroxyl groups is 1. The van der Waals surface area contributed by atoms with Crippen LogP contribution in [0.15, 0.2) is 89.6 Å². The molecule has 0 aliphatic carbocycles. The Morgan fingerprint density at radius 2 is 1.75 bits per heavy atom. The number of hydrogen-bond donors (Lipinski definition) is 1. The normalized spacial score (nSPS) is 14.5. The Kier molecular flexibility index (Phi) is 6.37. The highest BCUT2D eigenvalue weighted by Crippen LogP contribution is 2.31. The van der Waals surface area contributed by atoms with Crippen molar-refractivity contribution < 1.29 is 19.4 Å². The Bertz CT molecular complexity index is 1210. The Morgan fingerprint density at radius 3 is 2.44 bits per heavy atom. The summed E-state index contributed by atoms with van der Waals surface area (Å²) < 4.78 is 5.14. The first-order valence-corrected chi connectivity index (χ1v) is 10.8. The number of ether oxygens (including phenoxy) is 1. The van der Waals surface area contributed by atoms with Gasteiger partial charge in [-0.1, -0.05) is 66.4 Å². The number of thioether (sulfide) groups is 1. The van der Waals surface area contributed by atoms with E-state index in [1.165, 1.54) is 29.8 Å². The van der Waals surface area contributed by atoms with Gasteiger partial charge in [0.1, 0.15) is 5.70 Å². The minimum absolute atomic E-state index is 0.0116. The minimum atomic E-state index is -0.294. The van der Waals surface area contributed by atoms with Crippen LogP contribution in [0, 0.1) is 0 Å². The molecule has 3 aromatic carbocycles. The lowest BCUT2D eigenvalue weighted by atomic mass is 10.1. The number of phenols is 1. The van der Waals surface area contributed by atoms with Gasteiger partial charge in [-0.3, -0.25) is 14.5 Å². The van der Waals surface area contributed by atoms with Crippen molar-refractivity contribution in [2.75, 3.05) is 17.8 Å². The number of nitrogens with zero attached hydrogens (tertiary/aromatic N) is 2. The van der Waals surface area contributed by atoms with E-state index in [9.17, 15) is 14.7 Å². The second-order valence-electron chi connectivity index (χ2n) is 6.91. The number of Topliss-reactive ketones (excluding diaryl/α,β-unsaturated/α-hetero) is 1. The van der Waals surface area contributed by atoms with Crippen LogP contribution in [0.1, 0.15) is 15.9 Å².